The van der Waals surface area contributed by atoms with Gasteiger partial charge in [-0.25, -0.2) is 0 Å². The molecule has 1 fully saturated rings. The summed E-state index contributed by atoms with van der Waals surface area (Å²) in [6.45, 7) is 10.5. The molecule has 1 aromatic rings. The second-order valence-corrected chi connectivity index (χ2v) is 6.75. The number of rotatable bonds is 6. The Morgan fingerprint density at radius 2 is 2.05 bits per heavy atom. The molecule has 1 aliphatic heterocycles. The maximum absolute atomic E-state index is 5.81. The summed E-state index contributed by atoms with van der Waals surface area (Å²) in [6, 6.07) is 0. The Bertz CT molecular complexity index is 420. The van der Waals surface area contributed by atoms with Crippen LogP contribution in [0.25, 0.3) is 0 Å². The Morgan fingerprint density at radius 3 is 2.62 bits per heavy atom. The highest BCUT2D eigenvalue weighted by Crippen LogP contribution is 2.21. The van der Waals surface area contributed by atoms with Crippen LogP contribution in [-0.2, 0) is 16.7 Å². The Kier molecular flexibility index (Phi) is 5.72. The molecule has 0 spiro atoms. The fraction of sp³-hybridized carbons (Fsp3) is 0.867. The Morgan fingerprint density at radius 1 is 1.33 bits per heavy atom. The molecule has 0 aromatic carbocycles. The summed E-state index contributed by atoms with van der Waals surface area (Å²) in [5, 5.41) is 4.08. The predicted molar refractivity (Wildman–Crippen MR) is 80.9 cm³/mol. The first-order chi connectivity index (χ1) is 9.99. The van der Waals surface area contributed by atoms with Gasteiger partial charge in [0.15, 0.2) is 5.82 Å². The molecule has 0 bridgehead atoms. The second kappa shape index (κ2) is 7.33. The Hall–Kier alpha value is -0.980. The molecule has 6 nitrogen and oxygen atoms in total. The molecule has 2 N–H and O–H groups in total. The number of likely N-dealkylation sites (tertiary alicyclic amines) is 1. The monoisotopic (exact) mass is 296 g/mol. The zero-order valence-corrected chi connectivity index (χ0v) is 13.5. The molecule has 0 aliphatic carbocycles. The molecule has 1 aliphatic rings. The molecule has 6 heteroatoms. The lowest BCUT2D eigenvalue weighted by Crippen LogP contribution is -2.37. The molecule has 2 rings (SSSR count). The normalized spacial score (nSPS) is 18.3. The summed E-state index contributed by atoms with van der Waals surface area (Å²) >= 11 is 0. The highest BCUT2D eigenvalue weighted by atomic mass is 16.5. The predicted octanol–water partition coefficient (Wildman–Crippen LogP) is 1.70. The highest BCUT2D eigenvalue weighted by Gasteiger charge is 2.24. The third-order valence-corrected chi connectivity index (χ3v) is 3.71. The summed E-state index contributed by atoms with van der Waals surface area (Å²) in [5.41, 5.74) is 5.39. The molecule has 0 radical (unpaired) electrons. The number of hydrogen-bond donors (Lipinski definition) is 1. The van der Waals surface area contributed by atoms with E-state index in [2.05, 4.69) is 35.8 Å². The van der Waals surface area contributed by atoms with E-state index >= 15 is 0 Å². The van der Waals surface area contributed by atoms with Crippen molar-refractivity contribution >= 4 is 0 Å². The van der Waals surface area contributed by atoms with Crippen molar-refractivity contribution in [1.82, 2.24) is 15.0 Å². The van der Waals surface area contributed by atoms with Crippen LogP contribution in [-0.4, -0.2) is 47.4 Å². The number of ether oxygens (including phenoxy) is 1. The zero-order chi connectivity index (χ0) is 15.3. The standard InChI is InChI=1S/C15H28N4O2/c1-15(2,3)14-17-13(18-21-14)11-19-8-5-12(6-9-19)20-10-4-7-16/h12H,4-11,16H2,1-3H3. The fourth-order valence-corrected chi connectivity index (χ4v) is 2.39. The van der Waals surface area contributed by atoms with Gasteiger partial charge in [0.2, 0.25) is 5.89 Å². The van der Waals surface area contributed by atoms with Gasteiger partial charge in [-0.3, -0.25) is 4.90 Å². The maximum Gasteiger partial charge on any atom is 0.232 e. The Balaban J connectivity index is 1.74. The molecule has 2 heterocycles. The lowest BCUT2D eigenvalue weighted by atomic mass is 9.97. The number of nitrogens with zero attached hydrogens (tertiary/aromatic N) is 3. The average molecular weight is 296 g/mol. The van der Waals surface area contributed by atoms with Crippen molar-refractivity contribution in [1.29, 1.82) is 0 Å². The lowest BCUT2D eigenvalue weighted by molar-refractivity contribution is 0.00505. The van der Waals surface area contributed by atoms with Gasteiger partial charge in [-0.2, -0.15) is 4.98 Å². The largest absolute Gasteiger partial charge is 0.378 e. The quantitative estimate of drug-likeness (QED) is 0.805. The van der Waals surface area contributed by atoms with Crippen LogP contribution < -0.4 is 5.73 Å². The second-order valence-electron chi connectivity index (χ2n) is 6.75. The molecular weight excluding hydrogens is 268 g/mol. The SMILES string of the molecule is CC(C)(C)c1nc(CN2CCC(OCCCN)CC2)no1. The third kappa shape index (κ3) is 5.05. The molecule has 0 atom stereocenters. The van der Waals surface area contributed by atoms with Gasteiger partial charge in [-0.15, -0.1) is 0 Å². The molecule has 120 valence electrons. The molecule has 1 aromatic heterocycles. The first kappa shape index (κ1) is 16.4. The summed E-state index contributed by atoms with van der Waals surface area (Å²) in [6.07, 6.45) is 3.45. The fourth-order valence-electron chi connectivity index (χ4n) is 2.39. The van der Waals surface area contributed by atoms with Gasteiger partial charge < -0.3 is 15.0 Å². The van der Waals surface area contributed by atoms with E-state index in [0.29, 0.717) is 18.5 Å². The van der Waals surface area contributed by atoms with Gasteiger partial charge in [0.25, 0.3) is 0 Å². The van der Waals surface area contributed by atoms with E-state index in [0.717, 1.165) is 51.3 Å². The smallest absolute Gasteiger partial charge is 0.232 e. The van der Waals surface area contributed by atoms with E-state index in [9.17, 15) is 0 Å². The molecule has 21 heavy (non-hydrogen) atoms. The third-order valence-electron chi connectivity index (χ3n) is 3.71. The van der Waals surface area contributed by atoms with Crippen molar-refractivity contribution in [2.75, 3.05) is 26.2 Å². The van der Waals surface area contributed by atoms with Gasteiger partial charge in [0.1, 0.15) is 0 Å². The van der Waals surface area contributed by atoms with Crippen molar-refractivity contribution in [3.63, 3.8) is 0 Å². The van der Waals surface area contributed by atoms with E-state index in [4.69, 9.17) is 15.0 Å². The van der Waals surface area contributed by atoms with E-state index in [1.807, 2.05) is 0 Å². The highest BCUT2D eigenvalue weighted by molar-refractivity contribution is 4.98. The molecule has 0 amide bonds. The average Bonchev–Trinajstić information content (AvgIpc) is 2.90. The summed E-state index contributed by atoms with van der Waals surface area (Å²) in [5.74, 6) is 1.49. The van der Waals surface area contributed by atoms with Gasteiger partial charge in [-0.05, 0) is 25.8 Å². The van der Waals surface area contributed by atoms with Crippen LogP contribution >= 0.6 is 0 Å². The minimum atomic E-state index is -0.0882. The van der Waals surface area contributed by atoms with E-state index in [-0.39, 0.29) is 5.41 Å². The first-order valence-corrected chi connectivity index (χ1v) is 7.86. The van der Waals surface area contributed by atoms with Crippen LogP contribution in [0, 0.1) is 0 Å². The number of piperidine rings is 1. The van der Waals surface area contributed by atoms with Crippen molar-refractivity contribution in [3.8, 4) is 0 Å². The van der Waals surface area contributed by atoms with Gasteiger partial charge >= 0.3 is 0 Å². The summed E-state index contributed by atoms with van der Waals surface area (Å²) in [4.78, 5) is 6.85. The molecule has 1 saturated heterocycles. The summed E-state index contributed by atoms with van der Waals surface area (Å²) < 4.78 is 11.1. The molecule has 0 unspecified atom stereocenters. The van der Waals surface area contributed by atoms with Crippen LogP contribution in [0.1, 0.15) is 51.7 Å². The number of aromatic nitrogens is 2. The van der Waals surface area contributed by atoms with E-state index in [1.54, 1.807) is 0 Å². The van der Waals surface area contributed by atoms with Crippen LogP contribution in [0.3, 0.4) is 0 Å². The van der Waals surface area contributed by atoms with Crippen LogP contribution in [0.5, 0.6) is 0 Å². The molecular formula is C15H28N4O2. The van der Waals surface area contributed by atoms with Crippen molar-refractivity contribution in [2.24, 2.45) is 5.73 Å². The number of nitrogens with two attached hydrogens (primary N) is 1. The summed E-state index contributed by atoms with van der Waals surface area (Å²) in [7, 11) is 0. The molecule has 0 saturated carbocycles. The minimum absolute atomic E-state index is 0.0882. The van der Waals surface area contributed by atoms with Crippen molar-refractivity contribution in [3.05, 3.63) is 11.7 Å². The van der Waals surface area contributed by atoms with E-state index in [1.165, 1.54) is 0 Å². The van der Waals surface area contributed by atoms with Gasteiger partial charge in [0, 0.05) is 25.1 Å². The van der Waals surface area contributed by atoms with Crippen LogP contribution in [0.2, 0.25) is 0 Å². The van der Waals surface area contributed by atoms with Crippen LogP contribution in [0.4, 0.5) is 0 Å². The zero-order valence-electron chi connectivity index (χ0n) is 13.5. The number of hydrogen-bond acceptors (Lipinski definition) is 6. The van der Waals surface area contributed by atoms with Gasteiger partial charge in [0.05, 0.1) is 12.6 Å². The topological polar surface area (TPSA) is 77.4 Å². The maximum atomic E-state index is 5.81. The minimum Gasteiger partial charge on any atom is -0.378 e. The Labute approximate surface area is 127 Å². The van der Waals surface area contributed by atoms with Gasteiger partial charge in [-0.1, -0.05) is 25.9 Å². The van der Waals surface area contributed by atoms with Crippen molar-refractivity contribution < 1.29 is 9.26 Å². The van der Waals surface area contributed by atoms with Crippen molar-refractivity contribution in [2.45, 2.75) is 58.1 Å². The van der Waals surface area contributed by atoms with Crippen LogP contribution in [0.15, 0.2) is 4.52 Å². The van der Waals surface area contributed by atoms with E-state index < -0.39 is 0 Å². The first-order valence-electron chi connectivity index (χ1n) is 7.86. The lowest BCUT2D eigenvalue weighted by Gasteiger charge is -2.31.